The maximum atomic E-state index is 13.6. The van der Waals surface area contributed by atoms with Gasteiger partial charge in [-0.05, 0) is 76.2 Å². The number of β-lactam (4-membered cyclic amide) rings is 1. The monoisotopic (exact) mass is 480 g/mol. The molecule has 6 heteroatoms. The minimum absolute atomic E-state index is 0.0238. The number of rotatable bonds is 9. The Labute approximate surface area is 209 Å². The van der Waals surface area contributed by atoms with Gasteiger partial charge in [-0.25, -0.2) is 0 Å². The van der Waals surface area contributed by atoms with Gasteiger partial charge in [0.05, 0.1) is 11.5 Å². The van der Waals surface area contributed by atoms with Gasteiger partial charge in [-0.3, -0.25) is 9.79 Å². The Morgan fingerprint density at radius 1 is 1.11 bits per heavy atom. The van der Waals surface area contributed by atoms with Crippen LogP contribution < -0.4 is 9.47 Å². The van der Waals surface area contributed by atoms with Crippen LogP contribution in [0.5, 0.6) is 11.5 Å². The first-order chi connectivity index (χ1) is 16.9. The van der Waals surface area contributed by atoms with Crippen molar-refractivity contribution in [3.8, 4) is 11.5 Å². The molecule has 2 aliphatic heterocycles. The summed E-state index contributed by atoms with van der Waals surface area (Å²) in [7, 11) is 0. The SMILES string of the molecule is CCCCCCN=COC12CC3CC(C1)C(N1C(=O)C(C)(C)C1c1cccc4c1OCO4)C(C3)C2. The van der Waals surface area contributed by atoms with Gasteiger partial charge >= 0.3 is 0 Å². The number of carbonyl (C=O) groups excluding carboxylic acids is 1. The molecule has 1 aromatic carbocycles. The van der Waals surface area contributed by atoms with E-state index in [1.165, 1.54) is 32.1 Å². The van der Waals surface area contributed by atoms with Gasteiger partial charge in [-0.1, -0.05) is 38.3 Å². The highest BCUT2D eigenvalue weighted by Crippen LogP contribution is 2.63. The van der Waals surface area contributed by atoms with Crippen LogP contribution in [0.2, 0.25) is 0 Å². The molecule has 1 amide bonds. The zero-order valence-corrected chi connectivity index (χ0v) is 21.5. The summed E-state index contributed by atoms with van der Waals surface area (Å²) in [5.41, 5.74) is 0.581. The molecule has 4 aliphatic carbocycles. The van der Waals surface area contributed by atoms with Crippen molar-refractivity contribution in [1.82, 2.24) is 4.90 Å². The lowest BCUT2D eigenvalue weighted by molar-refractivity contribution is -0.205. The molecule has 6 aliphatic rings. The van der Waals surface area contributed by atoms with E-state index in [2.05, 4.69) is 36.7 Å². The van der Waals surface area contributed by atoms with Crippen LogP contribution in [0.15, 0.2) is 23.2 Å². The number of aliphatic imine (C=N–C) groups is 1. The van der Waals surface area contributed by atoms with E-state index in [4.69, 9.17) is 14.2 Å². The van der Waals surface area contributed by atoms with E-state index in [9.17, 15) is 4.79 Å². The molecule has 1 saturated heterocycles. The highest BCUT2D eigenvalue weighted by Gasteiger charge is 2.65. The first kappa shape index (κ1) is 23.2. The number of amides is 1. The van der Waals surface area contributed by atoms with Crippen molar-refractivity contribution in [1.29, 1.82) is 0 Å². The van der Waals surface area contributed by atoms with Crippen LogP contribution in [0.25, 0.3) is 0 Å². The molecular weight excluding hydrogens is 440 g/mol. The number of unbranched alkanes of at least 4 members (excludes halogenated alkanes) is 3. The first-order valence-electron chi connectivity index (χ1n) is 13.8. The topological polar surface area (TPSA) is 60.4 Å². The van der Waals surface area contributed by atoms with Crippen LogP contribution in [0.3, 0.4) is 0 Å². The Balaban J connectivity index is 1.20. The molecule has 6 nitrogen and oxygen atoms in total. The molecule has 4 saturated carbocycles. The van der Waals surface area contributed by atoms with Gasteiger partial charge in [0.1, 0.15) is 5.60 Å². The molecule has 7 rings (SSSR count). The molecule has 0 aromatic heterocycles. The molecule has 0 N–H and O–H groups in total. The maximum Gasteiger partial charge on any atom is 0.231 e. The van der Waals surface area contributed by atoms with Crippen molar-refractivity contribution in [2.45, 2.75) is 96.2 Å². The molecule has 0 radical (unpaired) electrons. The standard InChI is InChI=1S/C29H40N2O4/c1-4-5-6-7-11-30-17-35-29-14-19-12-20(15-29)24(21(13-19)16-29)31-26(28(2,3)27(31)32)22-9-8-10-23-25(22)34-18-33-23/h8-10,17,19-21,24,26H,4-7,11-16,18H2,1-3H3. The number of carbonyl (C=O) groups is 1. The fourth-order valence-corrected chi connectivity index (χ4v) is 8.22. The fraction of sp³-hybridized carbons (Fsp3) is 0.724. The Kier molecular flexibility index (Phi) is 5.76. The van der Waals surface area contributed by atoms with Crippen molar-refractivity contribution in [3.05, 3.63) is 23.8 Å². The number of fused-ring (bicyclic) bond motifs is 1. The Morgan fingerprint density at radius 3 is 2.69 bits per heavy atom. The van der Waals surface area contributed by atoms with Gasteiger partial charge in [0.25, 0.3) is 0 Å². The van der Waals surface area contributed by atoms with Gasteiger partial charge < -0.3 is 19.1 Å². The van der Waals surface area contributed by atoms with Crippen LogP contribution >= 0.6 is 0 Å². The third-order valence-electron chi connectivity index (χ3n) is 9.48. The van der Waals surface area contributed by atoms with Crippen molar-refractivity contribution in [3.63, 3.8) is 0 Å². The van der Waals surface area contributed by atoms with E-state index in [1.807, 2.05) is 12.1 Å². The van der Waals surface area contributed by atoms with Gasteiger partial charge in [-0.2, -0.15) is 0 Å². The van der Waals surface area contributed by atoms with Crippen molar-refractivity contribution in [2.75, 3.05) is 13.3 Å². The number of hydrogen-bond acceptors (Lipinski definition) is 5. The second kappa shape index (κ2) is 8.70. The third-order valence-corrected chi connectivity index (χ3v) is 9.48. The zero-order valence-electron chi connectivity index (χ0n) is 21.5. The predicted octanol–water partition coefficient (Wildman–Crippen LogP) is 5.90. The van der Waals surface area contributed by atoms with E-state index < -0.39 is 5.41 Å². The molecule has 0 spiro atoms. The summed E-state index contributed by atoms with van der Waals surface area (Å²) in [4.78, 5) is 20.4. The molecule has 190 valence electrons. The third kappa shape index (κ3) is 3.74. The summed E-state index contributed by atoms with van der Waals surface area (Å²) >= 11 is 0. The minimum atomic E-state index is -0.436. The van der Waals surface area contributed by atoms with Crippen LogP contribution in [0.1, 0.15) is 90.2 Å². The molecule has 3 unspecified atom stereocenters. The molecule has 5 fully saturated rings. The normalized spacial score (nSPS) is 36.1. The lowest BCUT2D eigenvalue weighted by Crippen LogP contribution is -2.71. The van der Waals surface area contributed by atoms with E-state index in [0.717, 1.165) is 49.3 Å². The number of para-hydroxylation sites is 1. The second-order valence-electron chi connectivity index (χ2n) is 12.3. The molecule has 3 atom stereocenters. The van der Waals surface area contributed by atoms with Crippen molar-refractivity contribution < 1.29 is 19.0 Å². The summed E-state index contributed by atoms with van der Waals surface area (Å²) in [5.74, 6) is 3.60. The van der Waals surface area contributed by atoms with Crippen LogP contribution in [0.4, 0.5) is 0 Å². The van der Waals surface area contributed by atoms with Crippen LogP contribution in [-0.4, -0.2) is 42.2 Å². The van der Waals surface area contributed by atoms with E-state index in [0.29, 0.717) is 17.8 Å². The summed E-state index contributed by atoms with van der Waals surface area (Å²) in [6, 6.07) is 6.42. The fourth-order valence-electron chi connectivity index (χ4n) is 8.22. The zero-order chi connectivity index (χ0) is 24.2. The first-order valence-corrected chi connectivity index (χ1v) is 13.8. The minimum Gasteiger partial charge on any atom is -0.477 e. The smallest absolute Gasteiger partial charge is 0.231 e. The number of hydrogen-bond donors (Lipinski definition) is 0. The lowest BCUT2D eigenvalue weighted by atomic mass is 9.50. The molecule has 4 bridgehead atoms. The Hall–Kier alpha value is -2.24. The molecular formula is C29H40N2O4. The van der Waals surface area contributed by atoms with E-state index in [-0.39, 0.29) is 30.4 Å². The lowest BCUT2D eigenvalue weighted by Gasteiger charge is -2.66. The largest absolute Gasteiger partial charge is 0.477 e. The quantitative estimate of drug-likeness (QED) is 0.191. The van der Waals surface area contributed by atoms with Gasteiger partial charge in [0, 0.05) is 18.2 Å². The number of ether oxygens (including phenoxy) is 3. The van der Waals surface area contributed by atoms with E-state index in [1.54, 1.807) is 6.40 Å². The average molecular weight is 481 g/mol. The van der Waals surface area contributed by atoms with E-state index >= 15 is 0 Å². The second-order valence-corrected chi connectivity index (χ2v) is 12.3. The Morgan fingerprint density at radius 2 is 1.91 bits per heavy atom. The van der Waals surface area contributed by atoms with Crippen LogP contribution in [-0.2, 0) is 9.53 Å². The summed E-state index contributed by atoms with van der Waals surface area (Å²) < 4.78 is 18.0. The molecule has 2 heterocycles. The summed E-state index contributed by atoms with van der Waals surface area (Å²) in [6.45, 7) is 7.52. The van der Waals surface area contributed by atoms with Crippen molar-refractivity contribution >= 4 is 12.3 Å². The predicted molar refractivity (Wildman–Crippen MR) is 135 cm³/mol. The summed E-state index contributed by atoms with van der Waals surface area (Å²) in [6.07, 6.45) is 12.3. The van der Waals surface area contributed by atoms with Gasteiger partial charge in [0.2, 0.25) is 12.7 Å². The number of likely N-dealkylation sites (tertiary alicyclic amines) is 1. The summed E-state index contributed by atoms with van der Waals surface area (Å²) in [5, 5.41) is 0. The highest BCUT2D eigenvalue weighted by atomic mass is 16.7. The maximum absolute atomic E-state index is 13.6. The molecule has 35 heavy (non-hydrogen) atoms. The van der Waals surface area contributed by atoms with Gasteiger partial charge in [0.15, 0.2) is 17.9 Å². The number of nitrogens with zero attached hydrogens (tertiary/aromatic N) is 2. The van der Waals surface area contributed by atoms with Gasteiger partial charge in [-0.15, -0.1) is 0 Å². The van der Waals surface area contributed by atoms with Crippen LogP contribution in [0, 0.1) is 23.2 Å². The number of benzene rings is 1. The average Bonchev–Trinajstić information content (AvgIpc) is 3.31. The highest BCUT2D eigenvalue weighted by molar-refractivity contribution is 5.91. The molecule has 1 aromatic rings. The Bertz CT molecular complexity index is 988. The van der Waals surface area contributed by atoms with Crippen molar-refractivity contribution in [2.24, 2.45) is 28.2 Å².